The Morgan fingerprint density at radius 2 is 2.19 bits per heavy atom. The van der Waals surface area contributed by atoms with Gasteiger partial charge < -0.3 is 10.2 Å². The van der Waals surface area contributed by atoms with E-state index in [2.05, 4.69) is 10.3 Å². The molecule has 0 atom stereocenters. The molecule has 1 aromatic heterocycles. The SMILES string of the molecule is Cc1ncc(CO)c(CN(C)N=O)c1O.Cl. The molecule has 6 nitrogen and oxygen atoms in total. The topological polar surface area (TPSA) is 86.0 Å². The first-order valence-corrected chi connectivity index (χ1v) is 4.41. The number of aliphatic hydroxyl groups is 1. The normalized spacial score (nSPS) is 9.44. The van der Waals surface area contributed by atoms with Gasteiger partial charge in [-0.05, 0) is 6.92 Å². The molecule has 0 aliphatic heterocycles. The molecular weight excluding hydrogens is 234 g/mol. The van der Waals surface area contributed by atoms with Gasteiger partial charge in [0.15, 0.2) is 0 Å². The van der Waals surface area contributed by atoms with Crippen LogP contribution in [0.3, 0.4) is 0 Å². The van der Waals surface area contributed by atoms with Gasteiger partial charge in [0.2, 0.25) is 0 Å². The smallest absolute Gasteiger partial charge is 0.142 e. The van der Waals surface area contributed by atoms with Crippen LogP contribution in [0.15, 0.2) is 11.5 Å². The number of pyridine rings is 1. The van der Waals surface area contributed by atoms with Crippen molar-refractivity contribution in [3.63, 3.8) is 0 Å². The second-order valence-corrected chi connectivity index (χ2v) is 3.25. The molecule has 0 spiro atoms. The zero-order valence-corrected chi connectivity index (χ0v) is 9.86. The van der Waals surface area contributed by atoms with E-state index in [1.807, 2.05) is 0 Å². The fraction of sp³-hybridized carbons (Fsp3) is 0.444. The quantitative estimate of drug-likeness (QED) is 0.615. The summed E-state index contributed by atoms with van der Waals surface area (Å²) < 4.78 is 0. The highest BCUT2D eigenvalue weighted by molar-refractivity contribution is 5.85. The molecule has 90 valence electrons. The fourth-order valence-corrected chi connectivity index (χ4v) is 1.25. The Hall–Kier alpha value is -1.40. The van der Waals surface area contributed by atoms with E-state index >= 15 is 0 Å². The molecule has 0 fully saturated rings. The highest BCUT2D eigenvalue weighted by Gasteiger charge is 2.12. The predicted octanol–water partition coefficient (Wildman–Crippen LogP) is 1.12. The van der Waals surface area contributed by atoms with E-state index in [0.29, 0.717) is 16.8 Å². The Morgan fingerprint density at radius 3 is 2.69 bits per heavy atom. The second-order valence-electron chi connectivity index (χ2n) is 3.25. The average molecular weight is 248 g/mol. The molecule has 16 heavy (non-hydrogen) atoms. The van der Waals surface area contributed by atoms with Gasteiger partial charge in [0, 0.05) is 24.4 Å². The van der Waals surface area contributed by atoms with Crippen molar-refractivity contribution >= 4 is 12.4 Å². The molecule has 7 heteroatoms. The van der Waals surface area contributed by atoms with Crippen molar-refractivity contribution in [2.24, 2.45) is 5.29 Å². The van der Waals surface area contributed by atoms with Crippen LogP contribution in [0, 0.1) is 11.8 Å². The molecule has 0 saturated heterocycles. The number of hydrogen-bond acceptors (Lipinski definition) is 5. The van der Waals surface area contributed by atoms with E-state index in [-0.39, 0.29) is 31.3 Å². The molecule has 0 amide bonds. The van der Waals surface area contributed by atoms with Crippen LogP contribution in [0.25, 0.3) is 0 Å². The van der Waals surface area contributed by atoms with E-state index < -0.39 is 0 Å². The van der Waals surface area contributed by atoms with Gasteiger partial charge in [-0.3, -0.25) is 9.99 Å². The lowest BCUT2D eigenvalue weighted by Gasteiger charge is -2.14. The lowest BCUT2D eigenvalue weighted by molar-refractivity contribution is 0.272. The third-order valence-electron chi connectivity index (χ3n) is 2.13. The Labute approximate surface area is 99.3 Å². The Kier molecular flexibility index (Phi) is 5.69. The highest BCUT2D eigenvalue weighted by Crippen LogP contribution is 2.24. The van der Waals surface area contributed by atoms with E-state index in [0.717, 1.165) is 5.01 Å². The zero-order chi connectivity index (χ0) is 11.4. The van der Waals surface area contributed by atoms with Gasteiger partial charge in [0.25, 0.3) is 0 Å². The molecule has 0 aromatic carbocycles. The second kappa shape index (κ2) is 6.24. The number of aliphatic hydroxyl groups excluding tert-OH is 1. The number of aromatic hydroxyl groups is 1. The molecule has 0 aliphatic carbocycles. The summed E-state index contributed by atoms with van der Waals surface area (Å²) in [6.07, 6.45) is 1.48. The number of hydrogen-bond donors (Lipinski definition) is 2. The van der Waals surface area contributed by atoms with E-state index in [9.17, 15) is 10.0 Å². The summed E-state index contributed by atoms with van der Waals surface area (Å²) in [7, 11) is 1.49. The minimum Gasteiger partial charge on any atom is -0.506 e. The first kappa shape index (κ1) is 14.6. The fourth-order valence-electron chi connectivity index (χ4n) is 1.25. The number of rotatable bonds is 4. The summed E-state index contributed by atoms with van der Waals surface area (Å²) >= 11 is 0. The maximum atomic E-state index is 10.2. The number of aromatic nitrogens is 1. The molecule has 0 unspecified atom stereocenters. The summed E-state index contributed by atoms with van der Waals surface area (Å²) in [5, 5.41) is 22.6. The summed E-state index contributed by atoms with van der Waals surface area (Å²) in [4.78, 5) is 14.1. The predicted molar refractivity (Wildman–Crippen MR) is 61.1 cm³/mol. The summed E-state index contributed by atoms with van der Waals surface area (Å²) in [5.74, 6) is -0.00273. The monoisotopic (exact) mass is 247 g/mol. The van der Waals surface area contributed by atoms with Crippen LogP contribution < -0.4 is 0 Å². The van der Waals surface area contributed by atoms with Gasteiger partial charge in [-0.25, -0.2) is 0 Å². The van der Waals surface area contributed by atoms with Crippen LogP contribution in [-0.4, -0.2) is 27.3 Å². The van der Waals surface area contributed by atoms with Crippen molar-refractivity contribution in [2.75, 3.05) is 7.05 Å². The molecule has 0 aliphatic rings. The van der Waals surface area contributed by atoms with Gasteiger partial charge in [0.05, 0.1) is 24.1 Å². The van der Waals surface area contributed by atoms with Crippen molar-refractivity contribution in [3.8, 4) is 5.75 Å². The van der Waals surface area contributed by atoms with Crippen LogP contribution in [0.1, 0.15) is 16.8 Å². The molecule has 1 rings (SSSR count). The Morgan fingerprint density at radius 1 is 1.56 bits per heavy atom. The van der Waals surface area contributed by atoms with Crippen molar-refractivity contribution < 1.29 is 10.2 Å². The summed E-state index contributed by atoms with van der Waals surface area (Å²) in [6.45, 7) is 1.56. The maximum Gasteiger partial charge on any atom is 0.142 e. The van der Waals surface area contributed by atoms with Gasteiger partial charge >= 0.3 is 0 Å². The van der Waals surface area contributed by atoms with Crippen LogP contribution in [-0.2, 0) is 13.2 Å². The number of halogens is 1. The van der Waals surface area contributed by atoms with Gasteiger partial charge in [0.1, 0.15) is 5.75 Å². The van der Waals surface area contributed by atoms with Crippen LogP contribution >= 0.6 is 12.4 Å². The number of nitroso groups, excluding NO2 is 1. The van der Waals surface area contributed by atoms with Gasteiger partial charge in [-0.1, -0.05) is 0 Å². The standard InChI is InChI=1S/C9H13N3O3.ClH/c1-6-9(14)8(4-12(2)11-15)7(5-13)3-10-6;/h3,13-14H,4-5H2,1-2H3;1H. The minimum atomic E-state index is -0.233. The van der Waals surface area contributed by atoms with Crippen molar-refractivity contribution in [1.82, 2.24) is 9.99 Å². The lowest BCUT2D eigenvalue weighted by atomic mass is 10.1. The maximum absolute atomic E-state index is 10.2. The van der Waals surface area contributed by atoms with Crippen molar-refractivity contribution in [2.45, 2.75) is 20.1 Å². The van der Waals surface area contributed by atoms with E-state index in [4.69, 9.17) is 5.11 Å². The number of nitrogens with zero attached hydrogens (tertiary/aromatic N) is 3. The Balaban J connectivity index is 0.00000225. The first-order valence-electron chi connectivity index (χ1n) is 4.41. The largest absolute Gasteiger partial charge is 0.506 e. The lowest BCUT2D eigenvalue weighted by Crippen LogP contribution is -2.12. The molecule has 0 bridgehead atoms. The minimum absolute atomic E-state index is 0. The molecule has 0 radical (unpaired) electrons. The molecule has 1 heterocycles. The molecule has 0 saturated carbocycles. The van der Waals surface area contributed by atoms with Crippen molar-refractivity contribution in [3.05, 3.63) is 27.9 Å². The first-order chi connectivity index (χ1) is 7.10. The van der Waals surface area contributed by atoms with Gasteiger partial charge in [-0.2, -0.15) is 0 Å². The van der Waals surface area contributed by atoms with Gasteiger partial charge in [-0.15, -0.1) is 17.3 Å². The molecule has 2 N–H and O–H groups in total. The Bertz CT molecular complexity index is 373. The zero-order valence-electron chi connectivity index (χ0n) is 9.04. The summed E-state index contributed by atoms with van der Waals surface area (Å²) in [6, 6.07) is 0. The van der Waals surface area contributed by atoms with E-state index in [1.54, 1.807) is 6.92 Å². The third-order valence-corrected chi connectivity index (χ3v) is 2.13. The van der Waals surface area contributed by atoms with Crippen LogP contribution in [0.2, 0.25) is 0 Å². The number of aryl methyl sites for hydroxylation is 1. The molecule has 1 aromatic rings. The molecular formula is C9H14ClN3O3. The highest BCUT2D eigenvalue weighted by atomic mass is 35.5. The average Bonchev–Trinajstić information content (AvgIpc) is 2.25. The third kappa shape index (κ3) is 3.04. The van der Waals surface area contributed by atoms with Crippen LogP contribution in [0.5, 0.6) is 5.75 Å². The van der Waals surface area contributed by atoms with E-state index in [1.165, 1.54) is 13.2 Å². The van der Waals surface area contributed by atoms with Crippen molar-refractivity contribution in [1.29, 1.82) is 0 Å². The summed E-state index contributed by atoms with van der Waals surface area (Å²) in [5.41, 5.74) is 1.43. The van der Waals surface area contributed by atoms with Crippen LogP contribution in [0.4, 0.5) is 0 Å².